The van der Waals surface area contributed by atoms with Crippen molar-refractivity contribution in [2.45, 2.75) is 33.7 Å². The zero-order valence-electron chi connectivity index (χ0n) is 10.6. The normalized spacial score (nSPS) is 13.6. The predicted octanol–water partition coefficient (Wildman–Crippen LogP) is 3.30. The van der Waals surface area contributed by atoms with Crippen LogP contribution in [0.1, 0.15) is 27.7 Å². The summed E-state index contributed by atoms with van der Waals surface area (Å²) in [5.41, 5.74) is 6.86. The number of rotatable bonds is 2. The highest BCUT2D eigenvalue weighted by molar-refractivity contribution is 9.10. The lowest BCUT2D eigenvalue weighted by Gasteiger charge is -2.36. The van der Waals surface area contributed by atoms with Gasteiger partial charge < -0.3 is 10.6 Å². The third kappa shape index (κ3) is 2.88. The van der Waals surface area contributed by atoms with Crippen LogP contribution >= 0.6 is 15.9 Å². The second kappa shape index (κ2) is 4.62. The van der Waals surface area contributed by atoms with Crippen LogP contribution in [-0.2, 0) is 0 Å². The summed E-state index contributed by atoms with van der Waals surface area (Å²) in [7, 11) is 2.03. The van der Waals surface area contributed by atoms with Crippen molar-refractivity contribution in [2.24, 2.45) is 5.41 Å². The molecule has 0 aliphatic carbocycles. The summed E-state index contributed by atoms with van der Waals surface area (Å²) in [4.78, 5) is 6.49. The Hall–Kier alpha value is -0.770. The Morgan fingerprint density at radius 2 is 2.00 bits per heavy atom. The fourth-order valence-corrected chi connectivity index (χ4v) is 1.86. The van der Waals surface area contributed by atoms with Gasteiger partial charge in [0.1, 0.15) is 0 Å². The smallest absolute Gasteiger partial charge is 0.151 e. The zero-order chi connectivity index (χ0) is 12.5. The van der Waals surface area contributed by atoms with Crippen molar-refractivity contribution >= 4 is 27.4 Å². The van der Waals surface area contributed by atoms with E-state index in [1.54, 1.807) is 6.20 Å². The van der Waals surface area contributed by atoms with Crippen LogP contribution in [-0.4, -0.2) is 18.1 Å². The molecule has 1 heterocycles. The maximum atomic E-state index is 5.97. The summed E-state index contributed by atoms with van der Waals surface area (Å²) in [5.74, 6) is 0.839. The van der Waals surface area contributed by atoms with E-state index in [1.165, 1.54) is 0 Å². The van der Waals surface area contributed by atoms with E-state index < -0.39 is 0 Å². The first-order valence-electron chi connectivity index (χ1n) is 5.37. The first-order valence-corrected chi connectivity index (χ1v) is 6.16. The molecule has 0 aromatic carbocycles. The van der Waals surface area contributed by atoms with E-state index in [-0.39, 0.29) is 5.41 Å². The molecule has 0 saturated heterocycles. The Morgan fingerprint density at radius 3 is 2.44 bits per heavy atom. The van der Waals surface area contributed by atoms with Crippen LogP contribution in [0.25, 0.3) is 0 Å². The standard InChI is InChI=1S/C12H20BrN3/c1-8(12(2,3)4)16(5)11-10(14)6-9(13)7-15-11/h6-8H,14H2,1-5H3. The summed E-state index contributed by atoms with van der Waals surface area (Å²) in [6, 6.07) is 2.25. The molecule has 16 heavy (non-hydrogen) atoms. The van der Waals surface area contributed by atoms with Gasteiger partial charge in [-0.25, -0.2) is 4.98 Å². The van der Waals surface area contributed by atoms with Gasteiger partial charge in [0, 0.05) is 23.8 Å². The van der Waals surface area contributed by atoms with Gasteiger partial charge >= 0.3 is 0 Å². The lowest BCUT2D eigenvalue weighted by Crippen LogP contribution is -2.40. The molecular formula is C12H20BrN3. The van der Waals surface area contributed by atoms with Crippen molar-refractivity contribution in [3.63, 3.8) is 0 Å². The minimum atomic E-state index is 0.190. The molecule has 4 heteroatoms. The lowest BCUT2D eigenvalue weighted by molar-refractivity contribution is 0.329. The van der Waals surface area contributed by atoms with Gasteiger partial charge in [0.15, 0.2) is 5.82 Å². The molecule has 0 spiro atoms. The molecule has 0 radical (unpaired) electrons. The zero-order valence-corrected chi connectivity index (χ0v) is 12.2. The molecule has 0 amide bonds. The van der Waals surface area contributed by atoms with Crippen molar-refractivity contribution in [3.8, 4) is 0 Å². The molecule has 0 aliphatic heterocycles. The van der Waals surface area contributed by atoms with Crippen molar-refractivity contribution < 1.29 is 0 Å². The molecular weight excluding hydrogens is 266 g/mol. The van der Waals surface area contributed by atoms with Crippen LogP contribution < -0.4 is 10.6 Å². The van der Waals surface area contributed by atoms with Crippen molar-refractivity contribution in [2.75, 3.05) is 17.7 Å². The van der Waals surface area contributed by atoms with Crippen LogP contribution in [0, 0.1) is 5.41 Å². The number of nitrogens with zero attached hydrogens (tertiary/aromatic N) is 2. The topological polar surface area (TPSA) is 42.2 Å². The van der Waals surface area contributed by atoms with E-state index in [2.05, 4.69) is 53.5 Å². The van der Waals surface area contributed by atoms with Crippen molar-refractivity contribution in [1.29, 1.82) is 0 Å². The molecule has 2 N–H and O–H groups in total. The van der Waals surface area contributed by atoms with Gasteiger partial charge in [-0.05, 0) is 34.3 Å². The van der Waals surface area contributed by atoms with E-state index >= 15 is 0 Å². The van der Waals surface area contributed by atoms with Gasteiger partial charge in [-0.3, -0.25) is 0 Å². The molecule has 3 nitrogen and oxygen atoms in total. The van der Waals surface area contributed by atoms with Gasteiger partial charge in [0.25, 0.3) is 0 Å². The highest BCUT2D eigenvalue weighted by Crippen LogP contribution is 2.30. The molecule has 0 saturated carbocycles. The van der Waals surface area contributed by atoms with E-state index in [0.29, 0.717) is 11.7 Å². The summed E-state index contributed by atoms with van der Waals surface area (Å²) >= 11 is 3.36. The summed E-state index contributed by atoms with van der Waals surface area (Å²) in [6.45, 7) is 8.82. The van der Waals surface area contributed by atoms with Gasteiger partial charge in [-0.1, -0.05) is 20.8 Å². The van der Waals surface area contributed by atoms with Gasteiger partial charge in [-0.2, -0.15) is 0 Å². The number of aromatic nitrogens is 1. The molecule has 1 aromatic heterocycles. The fourth-order valence-electron chi connectivity index (χ4n) is 1.51. The van der Waals surface area contributed by atoms with Crippen LogP contribution in [0.15, 0.2) is 16.7 Å². The third-order valence-corrected chi connectivity index (χ3v) is 3.46. The quantitative estimate of drug-likeness (QED) is 0.907. The first kappa shape index (κ1) is 13.3. The maximum Gasteiger partial charge on any atom is 0.151 e. The summed E-state index contributed by atoms with van der Waals surface area (Å²) < 4.78 is 0.908. The number of pyridine rings is 1. The number of nitrogen functional groups attached to an aromatic ring is 1. The number of hydrogen-bond donors (Lipinski definition) is 1. The lowest BCUT2D eigenvalue weighted by atomic mass is 9.87. The minimum absolute atomic E-state index is 0.190. The Balaban J connectivity index is 3.01. The molecule has 1 rings (SSSR count). The summed E-state index contributed by atoms with van der Waals surface area (Å²) in [5, 5.41) is 0. The average molecular weight is 286 g/mol. The van der Waals surface area contributed by atoms with Crippen LogP contribution in [0.2, 0.25) is 0 Å². The minimum Gasteiger partial charge on any atom is -0.396 e. The molecule has 0 bridgehead atoms. The molecule has 1 unspecified atom stereocenters. The average Bonchev–Trinajstić information content (AvgIpc) is 2.14. The number of hydrogen-bond acceptors (Lipinski definition) is 3. The Kier molecular flexibility index (Phi) is 3.84. The number of anilines is 2. The van der Waals surface area contributed by atoms with Crippen molar-refractivity contribution in [1.82, 2.24) is 4.98 Å². The van der Waals surface area contributed by atoms with Gasteiger partial charge in [0.2, 0.25) is 0 Å². The van der Waals surface area contributed by atoms with E-state index in [0.717, 1.165) is 10.3 Å². The Morgan fingerprint density at radius 1 is 1.44 bits per heavy atom. The van der Waals surface area contributed by atoms with E-state index in [1.807, 2.05) is 13.1 Å². The third-order valence-electron chi connectivity index (χ3n) is 3.03. The highest BCUT2D eigenvalue weighted by Gasteiger charge is 2.25. The second-order valence-electron chi connectivity index (χ2n) is 5.22. The van der Waals surface area contributed by atoms with Gasteiger partial charge in [-0.15, -0.1) is 0 Å². The number of halogens is 1. The SMILES string of the molecule is CC(N(C)c1ncc(Br)cc1N)C(C)(C)C. The fraction of sp³-hybridized carbons (Fsp3) is 0.583. The highest BCUT2D eigenvalue weighted by atomic mass is 79.9. The monoisotopic (exact) mass is 285 g/mol. The molecule has 1 aromatic rings. The molecule has 90 valence electrons. The van der Waals surface area contributed by atoms with Gasteiger partial charge in [0.05, 0.1) is 5.69 Å². The van der Waals surface area contributed by atoms with E-state index in [4.69, 9.17) is 5.73 Å². The Labute approximate surface area is 106 Å². The maximum absolute atomic E-state index is 5.97. The first-order chi connectivity index (χ1) is 7.23. The number of nitrogens with two attached hydrogens (primary N) is 1. The molecule has 1 atom stereocenters. The van der Waals surface area contributed by atoms with Crippen LogP contribution in [0.4, 0.5) is 11.5 Å². The molecule has 0 aliphatic rings. The summed E-state index contributed by atoms with van der Waals surface area (Å²) in [6.07, 6.45) is 1.78. The second-order valence-corrected chi connectivity index (χ2v) is 6.13. The Bertz CT molecular complexity index is 371. The largest absolute Gasteiger partial charge is 0.396 e. The van der Waals surface area contributed by atoms with E-state index in [9.17, 15) is 0 Å². The van der Waals surface area contributed by atoms with Crippen LogP contribution in [0.5, 0.6) is 0 Å². The van der Waals surface area contributed by atoms with Crippen LogP contribution in [0.3, 0.4) is 0 Å². The van der Waals surface area contributed by atoms with Crippen molar-refractivity contribution in [3.05, 3.63) is 16.7 Å². The predicted molar refractivity (Wildman–Crippen MR) is 73.7 cm³/mol. The molecule has 0 fully saturated rings.